The molecule has 1 aliphatic carbocycles. The van der Waals surface area contributed by atoms with E-state index in [9.17, 15) is 0 Å². The fourth-order valence-electron chi connectivity index (χ4n) is 1.47. The molecule has 2 nitrogen and oxygen atoms in total. The van der Waals surface area contributed by atoms with E-state index in [1.807, 2.05) is 12.1 Å². The van der Waals surface area contributed by atoms with E-state index in [1.54, 1.807) is 0 Å². The van der Waals surface area contributed by atoms with Gasteiger partial charge in [-0.2, -0.15) is 0 Å². The lowest BCUT2D eigenvalue weighted by Gasteiger charge is -2.10. The zero-order valence-corrected chi connectivity index (χ0v) is 9.30. The van der Waals surface area contributed by atoms with Gasteiger partial charge in [-0.05, 0) is 53.7 Å². The van der Waals surface area contributed by atoms with Crippen LogP contribution in [0.2, 0.25) is 0 Å². The highest BCUT2D eigenvalue weighted by molar-refractivity contribution is 9.10. The highest BCUT2D eigenvalue weighted by Gasteiger charge is 2.27. The maximum absolute atomic E-state index is 5.39. The molecule has 1 fully saturated rings. The van der Waals surface area contributed by atoms with Gasteiger partial charge in [-0.1, -0.05) is 0 Å². The van der Waals surface area contributed by atoms with Gasteiger partial charge >= 0.3 is 0 Å². The maximum atomic E-state index is 5.39. The lowest BCUT2D eigenvalue weighted by molar-refractivity contribution is 0.426. The first-order valence-corrected chi connectivity index (χ1v) is 5.52. The summed E-state index contributed by atoms with van der Waals surface area (Å²) >= 11 is 3.29. The van der Waals surface area contributed by atoms with Crippen molar-refractivity contribution >= 4 is 15.9 Å². The average Bonchev–Trinajstić information content (AvgIpc) is 2.87. The monoisotopic (exact) mass is 243 g/mol. The number of furan rings is 1. The smallest absolute Gasteiger partial charge is 0.169 e. The highest BCUT2D eigenvalue weighted by atomic mass is 79.9. The van der Waals surface area contributed by atoms with Crippen molar-refractivity contribution in [3.05, 3.63) is 22.6 Å². The lowest BCUT2D eigenvalue weighted by Crippen LogP contribution is -2.26. The summed E-state index contributed by atoms with van der Waals surface area (Å²) in [6.45, 7) is 3.08. The molecule has 1 aromatic rings. The Hall–Kier alpha value is -0.280. The second-order valence-electron chi connectivity index (χ2n) is 3.71. The third kappa shape index (κ3) is 2.58. The number of halogens is 1. The van der Waals surface area contributed by atoms with Gasteiger partial charge in [0.15, 0.2) is 4.67 Å². The van der Waals surface area contributed by atoms with Gasteiger partial charge in [0, 0.05) is 6.04 Å². The van der Waals surface area contributed by atoms with Gasteiger partial charge in [-0.25, -0.2) is 0 Å². The number of nitrogens with one attached hydrogen (secondary N) is 1. The van der Waals surface area contributed by atoms with Crippen molar-refractivity contribution in [2.75, 3.05) is 0 Å². The second kappa shape index (κ2) is 3.84. The first-order valence-electron chi connectivity index (χ1n) is 4.73. The van der Waals surface area contributed by atoms with Crippen molar-refractivity contribution in [2.24, 2.45) is 5.92 Å². The Bertz CT molecular complexity index is 280. The number of hydrogen-bond acceptors (Lipinski definition) is 2. The minimum absolute atomic E-state index is 0.629. The first-order chi connectivity index (χ1) is 6.25. The fourth-order valence-corrected chi connectivity index (χ4v) is 1.81. The quantitative estimate of drug-likeness (QED) is 0.880. The molecule has 1 atom stereocenters. The molecule has 1 N–H and O–H groups in total. The van der Waals surface area contributed by atoms with E-state index in [2.05, 4.69) is 28.2 Å². The van der Waals surface area contributed by atoms with Crippen LogP contribution >= 0.6 is 15.9 Å². The standard InChI is InChI=1S/C10H14BrNO/c1-7(8-2-3-8)12-6-9-4-5-10(11)13-9/h4-5,7-8,12H,2-3,6H2,1H3. The Kier molecular flexibility index (Phi) is 2.74. The van der Waals surface area contributed by atoms with Crippen LogP contribution in [0.15, 0.2) is 21.2 Å². The molecule has 2 rings (SSSR count). The summed E-state index contributed by atoms with van der Waals surface area (Å²) in [6.07, 6.45) is 2.77. The summed E-state index contributed by atoms with van der Waals surface area (Å²) in [7, 11) is 0. The summed E-state index contributed by atoms with van der Waals surface area (Å²) in [6, 6.07) is 4.55. The van der Waals surface area contributed by atoms with Crippen LogP contribution in [0.5, 0.6) is 0 Å². The van der Waals surface area contributed by atoms with Gasteiger partial charge < -0.3 is 9.73 Å². The van der Waals surface area contributed by atoms with Crippen LogP contribution in [0.3, 0.4) is 0 Å². The fraction of sp³-hybridized carbons (Fsp3) is 0.600. The predicted molar refractivity (Wildman–Crippen MR) is 55.4 cm³/mol. The summed E-state index contributed by atoms with van der Waals surface area (Å²) in [5, 5.41) is 3.46. The Morgan fingerprint density at radius 2 is 2.38 bits per heavy atom. The molecule has 0 spiro atoms. The van der Waals surface area contributed by atoms with Gasteiger partial charge in [-0.3, -0.25) is 0 Å². The molecule has 0 aromatic carbocycles. The number of hydrogen-bond donors (Lipinski definition) is 1. The first kappa shape index (κ1) is 9.28. The molecule has 1 unspecified atom stereocenters. The minimum atomic E-state index is 0.629. The van der Waals surface area contributed by atoms with E-state index < -0.39 is 0 Å². The van der Waals surface area contributed by atoms with Crippen LogP contribution in [0, 0.1) is 5.92 Å². The summed E-state index contributed by atoms with van der Waals surface area (Å²) in [4.78, 5) is 0. The maximum Gasteiger partial charge on any atom is 0.169 e. The van der Waals surface area contributed by atoms with Crippen molar-refractivity contribution in [3.63, 3.8) is 0 Å². The molecule has 1 saturated carbocycles. The van der Waals surface area contributed by atoms with Gasteiger partial charge in [0.25, 0.3) is 0 Å². The zero-order valence-electron chi connectivity index (χ0n) is 7.72. The van der Waals surface area contributed by atoms with Crippen molar-refractivity contribution in [2.45, 2.75) is 32.4 Å². The van der Waals surface area contributed by atoms with Crippen LogP contribution in [0.25, 0.3) is 0 Å². The van der Waals surface area contributed by atoms with Gasteiger partial charge in [0.05, 0.1) is 6.54 Å². The molecule has 1 heterocycles. The largest absolute Gasteiger partial charge is 0.453 e. The van der Waals surface area contributed by atoms with Gasteiger partial charge in [0.1, 0.15) is 5.76 Å². The molecule has 3 heteroatoms. The molecule has 1 aliphatic rings. The van der Waals surface area contributed by atoms with Crippen LogP contribution in [-0.2, 0) is 6.54 Å². The van der Waals surface area contributed by atoms with Crippen molar-refractivity contribution in [1.29, 1.82) is 0 Å². The molecule has 72 valence electrons. The van der Waals surface area contributed by atoms with E-state index in [0.29, 0.717) is 6.04 Å². The second-order valence-corrected chi connectivity index (χ2v) is 4.49. The van der Waals surface area contributed by atoms with E-state index in [0.717, 1.165) is 22.9 Å². The molecule has 0 saturated heterocycles. The van der Waals surface area contributed by atoms with Crippen molar-refractivity contribution < 1.29 is 4.42 Å². The summed E-state index contributed by atoms with van der Waals surface area (Å²) in [5.74, 6) is 1.90. The van der Waals surface area contributed by atoms with E-state index in [4.69, 9.17) is 4.42 Å². The van der Waals surface area contributed by atoms with Crippen molar-refractivity contribution in [1.82, 2.24) is 5.32 Å². The lowest BCUT2D eigenvalue weighted by atomic mass is 10.2. The normalized spacial score (nSPS) is 18.9. The van der Waals surface area contributed by atoms with Crippen molar-refractivity contribution in [3.8, 4) is 0 Å². The molecule has 1 aromatic heterocycles. The van der Waals surface area contributed by atoms with E-state index in [-0.39, 0.29) is 0 Å². The minimum Gasteiger partial charge on any atom is -0.453 e. The predicted octanol–water partition coefficient (Wildman–Crippen LogP) is 2.93. The average molecular weight is 244 g/mol. The highest BCUT2D eigenvalue weighted by Crippen LogP contribution is 2.32. The van der Waals surface area contributed by atoms with Crippen LogP contribution < -0.4 is 5.32 Å². The van der Waals surface area contributed by atoms with Crippen LogP contribution in [0.1, 0.15) is 25.5 Å². The Morgan fingerprint density at radius 3 is 2.92 bits per heavy atom. The summed E-state index contributed by atoms with van der Waals surface area (Å²) < 4.78 is 6.20. The Morgan fingerprint density at radius 1 is 1.62 bits per heavy atom. The third-order valence-corrected chi connectivity index (χ3v) is 2.98. The molecular weight excluding hydrogens is 230 g/mol. The van der Waals surface area contributed by atoms with E-state index in [1.165, 1.54) is 12.8 Å². The molecule has 13 heavy (non-hydrogen) atoms. The number of rotatable bonds is 4. The van der Waals surface area contributed by atoms with Crippen LogP contribution in [-0.4, -0.2) is 6.04 Å². The van der Waals surface area contributed by atoms with E-state index >= 15 is 0 Å². The topological polar surface area (TPSA) is 25.2 Å². The van der Waals surface area contributed by atoms with Gasteiger partial charge in [-0.15, -0.1) is 0 Å². The van der Waals surface area contributed by atoms with Gasteiger partial charge in [0.2, 0.25) is 0 Å². The SMILES string of the molecule is CC(NCc1ccc(Br)o1)C1CC1. The van der Waals surface area contributed by atoms with Crippen LogP contribution in [0.4, 0.5) is 0 Å². The molecule has 0 radical (unpaired) electrons. The Labute approximate surface area is 86.8 Å². The zero-order chi connectivity index (χ0) is 9.26. The summed E-state index contributed by atoms with van der Waals surface area (Å²) in [5.41, 5.74) is 0. The third-order valence-electron chi connectivity index (χ3n) is 2.56. The molecule has 0 aliphatic heterocycles. The molecule has 0 bridgehead atoms. The molecular formula is C10H14BrNO. The Balaban J connectivity index is 1.78. The molecule has 0 amide bonds.